The molecule has 0 atom stereocenters. The summed E-state index contributed by atoms with van der Waals surface area (Å²) in [6.45, 7) is 5.02. The summed E-state index contributed by atoms with van der Waals surface area (Å²) in [4.78, 5) is 12.3. The predicted molar refractivity (Wildman–Crippen MR) is 89.5 cm³/mol. The number of unbranched alkanes of at least 4 members (excludes halogenated alkanes) is 2. The van der Waals surface area contributed by atoms with Gasteiger partial charge in [0.2, 0.25) is 0 Å². The molecule has 3 heteroatoms. The van der Waals surface area contributed by atoms with Gasteiger partial charge in [0.25, 0.3) is 5.56 Å². The number of nitrogens with two attached hydrogens (primary N) is 1. The Balaban J connectivity index is 2.41. The van der Waals surface area contributed by atoms with E-state index in [4.69, 9.17) is 5.73 Å². The van der Waals surface area contributed by atoms with Gasteiger partial charge in [0.1, 0.15) is 0 Å². The molecular weight excluding hydrogens is 260 g/mol. The van der Waals surface area contributed by atoms with Crippen LogP contribution in [0.15, 0.2) is 41.2 Å². The van der Waals surface area contributed by atoms with Crippen LogP contribution in [0.1, 0.15) is 38.7 Å². The Morgan fingerprint density at radius 3 is 2.33 bits per heavy atom. The van der Waals surface area contributed by atoms with E-state index in [1.807, 2.05) is 10.6 Å². The van der Waals surface area contributed by atoms with E-state index in [1.54, 1.807) is 6.07 Å². The van der Waals surface area contributed by atoms with Gasteiger partial charge in [-0.3, -0.25) is 4.79 Å². The number of benzene rings is 1. The molecule has 0 amide bonds. The molecule has 3 nitrogen and oxygen atoms in total. The third kappa shape index (κ3) is 3.54. The Morgan fingerprint density at radius 1 is 1.00 bits per heavy atom. The second kappa shape index (κ2) is 7.11. The number of hydrogen-bond donors (Lipinski definition) is 1. The zero-order chi connectivity index (χ0) is 15.2. The maximum atomic E-state index is 12.3. The monoisotopic (exact) mass is 284 g/mol. The van der Waals surface area contributed by atoms with Crippen LogP contribution in [0, 0.1) is 0 Å². The van der Waals surface area contributed by atoms with Gasteiger partial charge in [-0.1, -0.05) is 51.0 Å². The van der Waals surface area contributed by atoms with E-state index < -0.39 is 0 Å². The van der Waals surface area contributed by atoms with E-state index in [2.05, 4.69) is 38.1 Å². The number of nitrogen functional groups attached to an aromatic ring is 1. The Labute approximate surface area is 126 Å². The van der Waals surface area contributed by atoms with Crippen LogP contribution < -0.4 is 11.3 Å². The van der Waals surface area contributed by atoms with E-state index in [0.717, 1.165) is 43.5 Å². The second-order valence-electron chi connectivity index (χ2n) is 5.39. The van der Waals surface area contributed by atoms with Gasteiger partial charge in [-0.05, 0) is 36.1 Å². The number of rotatable bonds is 6. The molecule has 112 valence electrons. The summed E-state index contributed by atoms with van der Waals surface area (Å²) in [6.07, 6.45) is 4.28. The van der Waals surface area contributed by atoms with E-state index in [9.17, 15) is 4.79 Å². The largest absolute Gasteiger partial charge is 0.394 e. The van der Waals surface area contributed by atoms with Crippen molar-refractivity contribution in [1.82, 2.24) is 4.57 Å². The Hall–Kier alpha value is -2.03. The number of nitrogens with zero attached hydrogens (tertiary/aromatic N) is 1. The van der Waals surface area contributed by atoms with E-state index in [-0.39, 0.29) is 5.56 Å². The minimum Gasteiger partial charge on any atom is -0.394 e. The quantitative estimate of drug-likeness (QED) is 0.819. The smallest absolute Gasteiger partial charge is 0.274 e. The molecule has 0 fully saturated rings. The molecule has 21 heavy (non-hydrogen) atoms. The highest BCUT2D eigenvalue weighted by Crippen LogP contribution is 2.20. The Morgan fingerprint density at radius 2 is 1.71 bits per heavy atom. The first-order valence-corrected chi connectivity index (χ1v) is 7.76. The fraction of sp³-hybridized carbons (Fsp3) is 0.389. The van der Waals surface area contributed by atoms with Crippen molar-refractivity contribution in [2.24, 2.45) is 0 Å². The molecule has 0 aliphatic heterocycles. The SMILES string of the molecule is CCCCCn1c(-c2ccc(CC)cc2)ccc(N)c1=O. The molecule has 1 aromatic heterocycles. The second-order valence-corrected chi connectivity index (χ2v) is 5.39. The molecule has 2 aromatic rings. The van der Waals surface area contributed by atoms with Crippen molar-refractivity contribution in [2.45, 2.75) is 46.1 Å². The highest BCUT2D eigenvalue weighted by Gasteiger charge is 2.08. The minimum absolute atomic E-state index is 0.0804. The summed E-state index contributed by atoms with van der Waals surface area (Å²) in [5.74, 6) is 0. The van der Waals surface area contributed by atoms with Gasteiger partial charge < -0.3 is 10.3 Å². The van der Waals surface area contributed by atoms with Gasteiger partial charge in [0.05, 0.1) is 11.4 Å². The summed E-state index contributed by atoms with van der Waals surface area (Å²) < 4.78 is 1.81. The van der Waals surface area contributed by atoms with E-state index >= 15 is 0 Å². The standard InChI is InChI=1S/C18H24N2O/c1-3-5-6-13-20-17(12-11-16(19)18(20)21)15-9-7-14(4-2)8-10-15/h7-12H,3-6,13,19H2,1-2H3. The first-order valence-electron chi connectivity index (χ1n) is 7.76. The highest BCUT2D eigenvalue weighted by molar-refractivity contribution is 5.61. The first-order chi connectivity index (χ1) is 10.2. The van der Waals surface area contributed by atoms with Gasteiger partial charge >= 0.3 is 0 Å². The van der Waals surface area contributed by atoms with Crippen molar-refractivity contribution in [1.29, 1.82) is 0 Å². The summed E-state index contributed by atoms with van der Waals surface area (Å²) in [5, 5.41) is 0. The number of hydrogen-bond acceptors (Lipinski definition) is 2. The normalized spacial score (nSPS) is 10.8. The van der Waals surface area contributed by atoms with Crippen molar-refractivity contribution in [3.05, 3.63) is 52.3 Å². The van der Waals surface area contributed by atoms with Crippen LogP contribution in [0.2, 0.25) is 0 Å². The number of aromatic nitrogens is 1. The average Bonchev–Trinajstić information content (AvgIpc) is 2.52. The first kappa shape index (κ1) is 15.4. The summed E-state index contributed by atoms with van der Waals surface area (Å²) >= 11 is 0. The number of aryl methyl sites for hydroxylation is 1. The van der Waals surface area contributed by atoms with Crippen molar-refractivity contribution in [2.75, 3.05) is 5.73 Å². The highest BCUT2D eigenvalue weighted by atomic mass is 16.1. The maximum absolute atomic E-state index is 12.3. The molecule has 0 aliphatic carbocycles. The molecule has 0 spiro atoms. The van der Waals surface area contributed by atoms with Crippen molar-refractivity contribution >= 4 is 5.69 Å². The molecule has 2 rings (SSSR count). The molecule has 0 radical (unpaired) electrons. The van der Waals surface area contributed by atoms with Crippen LogP contribution in [-0.2, 0) is 13.0 Å². The van der Waals surface area contributed by atoms with E-state index in [1.165, 1.54) is 5.56 Å². The number of pyridine rings is 1. The fourth-order valence-corrected chi connectivity index (χ4v) is 2.50. The molecule has 0 bridgehead atoms. The lowest BCUT2D eigenvalue weighted by atomic mass is 10.1. The minimum atomic E-state index is -0.0804. The molecular formula is C18H24N2O. The lowest BCUT2D eigenvalue weighted by molar-refractivity contribution is 0.593. The zero-order valence-electron chi connectivity index (χ0n) is 12.9. The molecule has 1 aromatic carbocycles. The van der Waals surface area contributed by atoms with Crippen molar-refractivity contribution < 1.29 is 0 Å². The Kier molecular flexibility index (Phi) is 5.20. The number of anilines is 1. The van der Waals surface area contributed by atoms with Gasteiger partial charge in [-0.2, -0.15) is 0 Å². The molecule has 1 heterocycles. The van der Waals surface area contributed by atoms with E-state index in [0.29, 0.717) is 5.69 Å². The zero-order valence-corrected chi connectivity index (χ0v) is 12.9. The third-order valence-electron chi connectivity index (χ3n) is 3.85. The van der Waals surface area contributed by atoms with Gasteiger partial charge in [-0.15, -0.1) is 0 Å². The van der Waals surface area contributed by atoms with Gasteiger partial charge in [0, 0.05) is 6.54 Å². The van der Waals surface area contributed by atoms with Gasteiger partial charge in [-0.25, -0.2) is 0 Å². The Bertz CT molecular complexity index is 641. The van der Waals surface area contributed by atoms with Gasteiger partial charge in [0.15, 0.2) is 0 Å². The maximum Gasteiger partial charge on any atom is 0.274 e. The lowest BCUT2D eigenvalue weighted by Crippen LogP contribution is -2.24. The molecule has 0 saturated carbocycles. The topological polar surface area (TPSA) is 48.0 Å². The molecule has 0 unspecified atom stereocenters. The van der Waals surface area contributed by atoms with Crippen LogP contribution in [0.3, 0.4) is 0 Å². The summed E-state index contributed by atoms with van der Waals surface area (Å²) in [5.41, 5.74) is 9.35. The predicted octanol–water partition coefficient (Wildman–Crippen LogP) is 3.85. The summed E-state index contributed by atoms with van der Waals surface area (Å²) in [7, 11) is 0. The fourth-order valence-electron chi connectivity index (χ4n) is 2.50. The van der Waals surface area contributed by atoms with Crippen LogP contribution in [0.25, 0.3) is 11.3 Å². The molecule has 0 saturated heterocycles. The molecule has 0 aliphatic rings. The van der Waals surface area contributed by atoms with Crippen LogP contribution >= 0.6 is 0 Å². The van der Waals surface area contributed by atoms with Crippen LogP contribution in [-0.4, -0.2) is 4.57 Å². The van der Waals surface area contributed by atoms with Crippen LogP contribution in [0.5, 0.6) is 0 Å². The van der Waals surface area contributed by atoms with Crippen molar-refractivity contribution in [3.63, 3.8) is 0 Å². The molecule has 2 N–H and O–H groups in total. The van der Waals surface area contributed by atoms with Crippen molar-refractivity contribution in [3.8, 4) is 11.3 Å². The summed E-state index contributed by atoms with van der Waals surface area (Å²) in [6, 6.07) is 12.1. The lowest BCUT2D eigenvalue weighted by Gasteiger charge is -2.14. The van der Waals surface area contributed by atoms with Crippen LogP contribution in [0.4, 0.5) is 5.69 Å². The third-order valence-corrected chi connectivity index (χ3v) is 3.85. The average molecular weight is 284 g/mol.